The number of phenolic OH excluding ortho intramolecular Hbond substituents is 2. The zero-order valence-corrected chi connectivity index (χ0v) is 50.5. The highest BCUT2D eigenvalue weighted by Gasteiger charge is 2.60. The Balaban J connectivity index is 0.979. The van der Waals surface area contributed by atoms with Crippen molar-refractivity contribution in [1.82, 2.24) is 0 Å². The van der Waals surface area contributed by atoms with Gasteiger partial charge in [-0.2, -0.15) is 8.42 Å². The van der Waals surface area contributed by atoms with Crippen molar-refractivity contribution in [3.8, 4) is 29.1 Å². The van der Waals surface area contributed by atoms with Crippen molar-refractivity contribution < 1.29 is 42.9 Å². The fourth-order valence-electron chi connectivity index (χ4n) is 17.7. The van der Waals surface area contributed by atoms with Crippen molar-refractivity contribution in [2.24, 2.45) is 63.8 Å². The van der Waals surface area contributed by atoms with Crippen LogP contribution in [0.15, 0.2) is 138 Å². The molecule has 0 radical (unpaired) electrons. The lowest BCUT2D eigenvalue weighted by molar-refractivity contribution is -0.177. The maximum Gasteiger partial charge on any atom is 0.268 e. The van der Waals surface area contributed by atoms with Gasteiger partial charge in [-0.25, -0.2) is 4.99 Å². The molecule has 86 heavy (non-hydrogen) atoms. The van der Waals surface area contributed by atoms with Gasteiger partial charge in [0.1, 0.15) is 23.4 Å². The molecule has 5 heterocycles. The number of fused-ring (bicyclic) bond motifs is 10. The lowest BCUT2D eigenvalue weighted by atomic mass is 9.53. The van der Waals surface area contributed by atoms with Gasteiger partial charge in [-0.15, -0.1) is 0 Å². The minimum absolute atomic E-state index is 0.0162. The van der Waals surface area contributed by atoms with Crippen LogP contribution >= 0.6 is 0 Å². The predicted molar refractivity (Wildman–Crippen MR) is 336 cm³/mol. The molecular formula is C73H83N3O9S. The molecule has 3 fully saturated rings. The van der Waals surface area contributed by atoms with E-state index in [1.165, 1.54) is 0 Å². The molecule has 5 aliphatic heterocycles. The van der Waals surface area contributed by atoms with Gasteiger partial charge in [0.15, 0.2) is 5.96 Å². The molecule has 13 heteroatoms. The van der Waals surface area contributed by atoms with Gasteiger partial charge in [-0.3, -0.25) is 4.55 Å². The smallest absolute Gasteiger partial charge is 0.268 e. The summed E-state index contributed by atoms with van der Waals surface area (Å²) in [6.07, 6.45) is 9.94. The Hall–Kier alpha value is -6.66. The monoisotopic (exact) mass is 1180 g/mol. The molecule has 0 aromatic heterocycles. The van der Waals surface area contributed by atoms with Crippen LogP contribution in [0.3, 0.4) is 0 Å². The molecule has 10 bridgehead atoms. The number of benzene rings is 6. The van der Waals surface area contributed by atoms with Crippen LogP contribution in [-0.4, -0.2) is 62.9 Å². The lowest BCUT2D eigenvalue weighted by Crippen LogP contribution is -2.60. The largest absolute Gasteiger partial charge is 0.508 e. The molecule has 1 saturated heterocycles. The first-order valence-corrected chi connectivity index (χ1v) is 33.1. The minimum Gasteiger partial charge on any atom is -0.508 e. The summed E-state index contributed by atoms with van der Waals surface area (Å²) in [4.78, 5) is 5.36. The van der Waals surface area contributed by atoms with Gasteiger partial charge in [0.2, 0.25) is 5.72 Å². The predicted octanol–water partition coefficient (Wildman–Crippen LogP) is 12.8. The van der Waals surface area contributed by atoms with Crippen molar-refractivity contribution in [3.05, 3.63) is 183 Å². The molecule has 2 saturated carbocycles. The van der Waals surface area contributed by atoms with Crippen LogP contribution < -0.4 is 16.2 Å². The maximum absolute atomic E-state index is 14.6. The number of aliphatic hydroxyl groups excluding tert-OH is 1. The molecule has 15 rings (SSSR count). The van der Waals surface area contributed by atoms with Crippen LogP contribution in [0.2, 0.25) is 0 Å². The Morgan fingerprint density at radius 1 is 0.837 bits per heavy atom. The first-order chi connectivity index (χ1) is 41.3. The summed E-state index contributed by atoms with van der Waals surface area (Å²) >= 11 is 0. The Morgan fingerprint density at radius 2 is 1.62 bits per heavy atom. The number of guanidine groups is 1. The van der Waals surface area contributed by atoms with Crippen LogP contribution in [0.25, 0.3) is 10.8 Å². The number of phenols is 2. The quantitative estimate of drug-likeness (QED) is 0.0237. The van der Waals surface area contributed by atoms with Gasteiger partial charge < -0.3 is 41.4 Å². The Labute approximate surface area is 506 Å². The summed E-state index contributed by atoms with van der Waals surface area (Å²) < 4.78 is 55.9. The number of hydrogen-bond donors (Lipinski definition) is 7. The molecule has 4 aliphatic carbocycles. The Bertz CT molecular complexity index is 3780. The summed E-state index contributed by atoms with van der Waals surface area (Å²) in [5, 5.41) is 47.6. The molecule has 12 nitrogen and oxygen atoms in total. The van der Waals surface area contributed by atoms with Gasteiger partial charge in [-0.05, 0) is 217 Å². The zero-order valence-electron chi connectivity index (χ0n) is 49.7. The number of ether oxygens (including phenoxy) is 2. The highest BCUT2D eigenvalue weighted by molar-refractivity contribution is 7.86. The fraction of sp³-hybridized carbons (Fsp3) is 0.466. The second-order valence-corrected chi connectivity index (χ2v) is 28.9. The molecule has 15 unspecified atom stereocenters. The number of rotatable bonds is 9. The zero-order chi connectivity index (χ0) is 59.8. The van der Waals surface area contributed by atoms with Gasteiger partial charge in [0.05, 0.1) is 17.0 Å². The van der Waals surface area contributed by atoms with E-state index in [0.717, 1.165) is 87.4 Å². The molecule has 15 atom stereocenters. The SMILES string of the molecule is CC(C)Cc1cc(O)cc2cc(C3CCC4CCC(C5(N=C(N)N)Oc6ccc7c(c6)CCC(C)C7CC(S(=O)(=O)O)C6C=C7CC(CC8CC(CO)CC#Cc9cc(O)ccc9C7O8)C6c6ccc5cc6)C(Cc5ccccc5)C4(O)C3)ccc12. The average molecular weight is 1180 g/mol. The van der Waals surface area contributed by atoms with E-state index in [0.29, 0.717) is 74.2 Å². The molecule has 0 spiro atoms. The summed E-state index contributed by atoms with van der Waals surface area (Å²) in [5.41, 5.74) is 20.0. The number of aliphatic imine (C=N–C) groups is 1. The number of aliphatic hydroxyl groups is 2. The maximum atomic E-state index is 14.6. The first kappa shape index (κ1) is 58.4. The average Bonchev–Trinajstić information content (AvgIpc) is 0.957. The van der Waals surface area contributed by atoms with Crippen molar-refractivity contribution >= 4 is 26.9 Å². The number of hydrogen-bond acceptors (Lipinski definition) is 9. The summed E-state index contributed by atoms with van der Waals surface area (Å²) in [6.45, 7) is 6.49. The number of aromatic hydroxyl groups is 2. The van der Waals surface area contributed by atoms with E-state index in [-0.39, 0.29) is 72.1 Å². The number of nitrogens with zero attached hydrogens (tertiary/aromatic N) is 1. The van der Waals surface area contributed by atoms with E-state index in [4.69, 9.17) is 25.9 Å². The fourth-order valence-corrected chi connectivity index (χ4v) is 18.8. The molecule has 450 valence electrons. The van der Waals surface area contributed by atoms with Crippen molar-refractivity contribution in [3.63, 3.8) is 0 Å². The molecular weight excluding hydrogens is 1090 g/mol. The van der Waals surface area contributed by atoms with Crippen LogP contribution in [0.5, 0.6) is 17.2 Å². The Kier molecular flexibility index (Phi) is 15.7. The van der Waals surface area contributed by atoms with Crippen molar-refractivity contribution in [1.29, 1.82) is 0 Å². The molecule has 6 aromatic carbocycles. The third-order valence-electron chi connectivity index (χ3n) is 21.5. The standard InChI is InChI=1S/C73H83N3O9S/c1-42(2)28-51-34-58(79)35-52-31-47(17-24-61(51)52)50-16-18-55-21-27-66(67(72(55,80)40-50)30-44-8-5-4-6-9-44)73(76-71(74)75)56-19-14-46(15-20-56)69-53-32-54(70-63-25-22-57(78)33-48(63)11-7-10-45(41-77)29-60(37-53)84-70)38-65(69)68(86(81,82)83)39-64-43(3)12-13-49-36-59(85-73)23-26-62(49)64/h4-6,8-9,14-15,17,19-20,22-26,31,33-36,38,42-43,45,50,53,55,60,64-70,77-80H,10,12-13,16,18,21,27-30,32,37,39-41H2,1-3H3,(H4,74,75,76)(H,81,82,83). The Morgan fingerprint density at radius 3 is 2.38 bits per heavy atom. The van der Waals surface area contributed by atoms with Gasteiger partial charge in [0, 0.05) is 47.5 Å². The molecule has 6 aromatic rings. The van der Waals surface area contributed by atoms with Crippen LogP contribution in [0.1, 0.15) is 165 Å². The van der Waals surface area contributed by atoms with E-state index < -0.39 is 56.5 Å². The summed E-state index contributed by atoms with van der Waals surface area (Å²) in [7, 11) is -4.72. The number of aryl methyl sites for hydroxylation is 1. The van der Waals surface area contributed by atoms with Crippen LogP contribution in [0.4, 0.5) is 0 Å². The second-order valence-electron chi connectivity index (χ2n) is 27.3. The highest BCUT2D eigenvalue weighted by atomic mass is 32.2. The molecule has 9 N–H and O–H groups in total. The lowest BCUT2D eigenvalue weighted by Gasteiger charge is -2.57. The number of allylic oxidation sites excluding steroid dienone is 1. The van der Waals surface area contributed by atoms with E-state index in [1.54, 1.807) is 12.1 Å². The summed E-state index contributed by atoms with van der Waals surface area (Å²) in [5.74, 6) is 5.22. The van der Waals surface area contributed by atoms with E-state index in [2.05, 4.69) is 105 Å². The van der Waals surface area contributed by atoms with E-state index in [9.17, 15) is 33.4 Å². The summed E-state index contributed by atoms with van der Waals surface area (Å²) in [6, 6.07) is 40.4. The van der Waals surface area contributed by atoms with Gasteiger partial charge in [0.25, 0.3) is 10.1 Å². The third kappa shape index (κ3) is 11.0. The third-order valence-corrected chi connectivity index (χ3v) is 22.8. The van der Waals surface area contributed by atoms with E-state index >= 15 is 0 Å². The molecule has 9 aliphatic rings. The number of nitrogens with two attached hydrogens (primary N) is 2. The van der Waals surface area contributed by atoms with Crippen molar-refractivity contribution in [2.45, 2.75) is 157 Å². The van der Waals surface area contributed by atoms with Crippen molar-refractivity contribution in [2.75, 3.05) is 6.61 Å². The van der Waals surface area contributed by atoms with Crippen LogP contribution in [-0.2, 0) is 39.8 Å². The molecule has 0 amide bonds. The topological polar surface area (TPSA) is 218 Å². The normalized spacial score (nSPS) is 32.1. The van der Waals surface area contributed by atoms with E-state index in [1.807, 2.05) is 42.5 Å². The highest BCUT2D eigenvalue weighted by Crippen LogP contribution is 2.60. The van der Waals surface area contributed by atoms with Gasteiger partial charge >= 0.3 is 0 Å². The first-order valence-electron chi connectivity index (χ1n) is 31.6. The minimum atomic E-state index is -4.72. The second kappa shape index (κ2) is 23.1. The van der Waals surface area contributed by atoms with Gasteiger partial charge in [-0.1, -0.05) is 124 Å². The van der Waals surface area contributed by atoms with Crippen LogP contribution in [0, 0.1) is 59.2 Å².